The summed E-state index contributed by atoms with van der Waals surface area (Å²) >= 11 is 1.67. The highest BCUT2D eigenvalue weighted by Gasteiger charge is 2.19. The van der Waals surface area contributed by atoms with E-state index in [-0.39, 0.29) is 12.3 Å². The van der Waals surface area contributed by atoms with Crippen molar-refractivity contribution < 1.29 is 4.79 Å². The number of aromatic nitrogens is 2. The summed E-state index contributed by atoms with van der Waals surface area (Å²) in [5.74, 6) is 0.716. The van der Waals surface area contributed by atoms with Gasteiger partial charge in [-0.1, -0.05) is 44.2 Å². The molecule has 0 unspecified atom stereocenters. The van der Waals surface area contributed by atoms with Crippen molar-refractivity contribution in [2.24, 2.45) is 5.73 Å². The number of nitrogens with zero attached hydrogens (tertiary/aromatic N) is 2. The van der Waals surface area contributed by atoms with Crippen molar-refractivity contribution in [2.45, 2.75) is 37.8 Å². The maximum Gasteiger partial charge on any atom is 0.225 e. The van der Waals surface area contributed by atoms with E-state index in [1.807, 2.05) is 24.5 Å². The number of hydrogen-bond donors (Lipinski definition) is 1. The lowest BCUT2D eigenvalue weighted by Crippen LogP contribution is -2.18. The van der Waals surface area contributed by atoms with Gasteiger partial charge in [0.2, 0.25) is 5.91 Å². The number of rotatable bonds is 6. The first-order valence-corrected chi connectivity index (χ1v) is 8.21. The number of imidazole rings is 1. The minimum atomic E-state index is -0.350. The molecular weight excluding hydrogens is 282 g/mol. The summed E-state index contributed by atoms with van der Waals surface area (Å²) in [7, 11) is 0. The molecule has 2 rings (SSSR count). The molecule has 0 saturated carbocycles. The SMILES string of the molecule is CSc1c(C(C)C)nc(CC(N)=O)n1Cc1ccccc1. The highest BCUT2D eigenvalue weighted by atomic mass is 32.2. The molecule has 0 radical (unpaired) electrons. The average Bonchev–Trinajstić information content (AvgIpc) is 2.77. The van der Waals surface area contributed by atoms with Gasteiger partial charge in [0.05, 0.1) is 17.1 Å². The molecule has 5 heteroatoms. The van der Waals surface area contributed by atoms with E-state index >= 15 is 0 Å². The van der Waals surface area contributed by atoms with Crippen LogP contribution < -0.4 is 5.73 Å². The van der Waals surface area contributed by atoms with Crippen LogP contribution in [-0.4, -0.2) is 21.7 Å². The van der Waals surface area contributed by atoms with Gasteiger partial charge >= 0.3 is 0 Å². The Hall–Kier alpha value is -1.75. The number of carbonyl (C=O) groups is 1. The Labute approximate surface area is 129 Å². The Balaban J connectivity index is 2.46. The molecule has 0 atom stereocenters. The second kappa shape index (κ2) is 6.80. The number of amides is 1. The predicted molar refractivity (Wildman–Crippen MR) is 86.5 cm³/mol. The van der Waals surface area contributed by atoms with Gasteiger partial charge in [-0.3, -0.25) is 4.79 Å². The monoisotopic (exact) mass is 303 g/mol. The number of primary amides is 1. The van der Waals surface area contributed by atoms with Crippen molar-refractivity contribution in [3.8, 4) is 0 Å². The number of thioether (sulfide) groups is 1. The van der Waals surface area contributed by atoms with Crippen molar-refractivity contribution >= 4 is 17.7 Å². The molecule has 112 valence electrons. The highest BCUT2D eigenvalue weighted by molar-refractivity contribution is 7.98. The minimum absolute atomic E-state index is 0.174. The largest absolute Gasteiger partial charge is 0.369 e. The van der Waals surface area contributed by atoms with E-state index in [0.29, 0.717) is 12.5 Å². The van der Waals surface area contributed by atoms with Gasteiger partial charge in [-0.25, -0.2) is 4.98 Å². The second-order valence-corrected chi connectivity index (χ2v) is 6.09. The minimum Gasteiger partial charge on any atom is -0.369 e. The fourth-order valence-corrected chi connectivity index (χ4v) is 3.19. The number of carbonyl (C=O) groups excluding carboxylic acids is 1. The molecule has 0 spiro atoms. The van der Waals surface area contributed by atoms with Crippen LogP contribution in [-0.2, 0) is 17.8 Å². The molecule has 1 aromatic carbocycles. The van der Waals surface area contributed by atoms with Crippen LogP contribution in [0.4, 0.5) is 0 Å². The maximum absolute atomic E-state index is 11.3. The Bertz CT molecular complexity index is 620. The van der Waals surface area contributed by atoms with Crippen LogP contribution in [0.25, 0.3) is 0 Å². The Morgan fingerprint density at radius 2 is 2.00 bits per heavy atom. The Morgan fingerprint density at radius 1 is 1.33 bits per heavy atom. The van der Waals surface area contributed by atoms with Gasteiger partial charge in [-0.2, -0.15) is 0 Å². The zero-order valence-electron chi connectivity index (χ0n) is 12.7. The molecule has 21 heavy (non-hydrogen) atoms. The highest BCUT2D eigenvalue weighted by Crippen LogP contribution is 2.29. The third-order valence-corrected chi connectivity index (χ3v) is 4.10. The molecule has 4 nitrogen and oxygen atoms in total. The normalized spacial score (nSPS) is 11.0. The standard InChI is InChI=1S/C16H21N3OS/c1-11(2)15-16(21-3)19(14(18-15)9-13(17)20)10-12-7-5-4-6-8-12/h4-8,11H,9-10H2,1-3H3,(H2,17,20). The summed E-state index contributed by atoms with van der Waals surface area (Å²) in [5.41, 5.74) is 7.59. The van der Waals surface area contributed by atoms with Crippen LogP contribution in [0.1, 0.15) is 36.8 Å². The Morgan fingerprint density at radius 3 is 2.52 bits per heavy atom. The van der Waals surface area contributed by atoms with Gasteiger partial charge in [0.15, 0.2) is 0 Å². The third kappa shape index (κ3) is 3.67. The van der Waals surface area contributed by atoms with E-state index in [4.69, 9.17) is 5.73 Å². The van der Waals surface area contributed by atoms with Crippen molar-refractivity contribution in [3.63, 3.8) is 0 Å². The molecule has 1 amide bonds. The van der Waals surface area contributed by atoms with Crippen molar-refractivity contribution in [3.05, 3.63) is 47.4 Å². The summed E-state index contributed by atoms with van der Waals surface area (Å²) in [6.45, 7) is 4.94. The van der Waals surface area contributed by atoms with Crippen LogP contribution in [0.5, 0.6) is 0 Å². The summed E-state index contributed by atoms with van der Waals surface area (Å²) in [5, 5.41) is 1.12. The van der Waals surface area contributed by atoms with E-state index in [2.05, 4.69) is 35.5 Å². The van der Waals surface area contributed by atoms with Crippen LogP contribution >= 0.6 is 11.8 Å². The zero-order valence-corrected chi connectivity index (χ0v) is 13.5. The lowest BCUT2D eigenvalue weighted by Gasteiger charge is -2.11. The van der Waals surface area contributed by atoms with E-state index in [0.717, 1.165) is 16.5 Å². The van der Waals surface area contributed by atoms with E-state index in [9.17, 15) is 4.79 Å². The first-order valence-electron chi connectivity index (χ1n) is 6.98. The van der Waals surface area contributed by atoms with Crippen molar-refractivity contribution in [2.75, 3.05) is 6.26 Å². The molecule has 2 aromatic rings. The van der Waals surface area contributed by atoms with E-state index in [1.54, 1.807) is 11.8 Å². The average molecular weight is 303 g/mol. The van der Waals surface area contributed by atoms with Gasteiger partial charge < -0.3 is 10.3 Å². The number of nitrogens with two attached hydrogens (primary N) is 1. The van der Waals surface area contributed by atoms with E-state index in [1.165, 1.54) is 5.56 Å². The first kappa shape index (κ1) is 15.6. The molecule has 0 saturated heterocycles. The molecule has 0 bridgehead atoms. The molecule has 0 fully saturated rings. The maximum atomic E-state index is 11.3. The van der Waals surface area contributed by atoms with Crippen LogP contribution in [0.3, 0.4) is 0 Å². The van der Waals surface area contributed by atoms with Crippen LogP contribution in [0.15, 0.2) is 35.4 Å². The molecule has 1 aromatic heterocycles. The van der Waals surface area contributed by atoms with Gasteiger partial charge in [-0.15, -0.1) is 11.8 Å². The molecule has 0 aliphatic carbocycles. The lowest BCUT2D eigenvalue weighted by atomic mass is 10.1. The second-order valence-electron chi connectivity index (χ2n) is 5.29. The summed E-state index contributed by atoms with van der Waals surface area (Å²) in [6, 6.07) is 10.2. The summed E-state index contributed by atoms with van der Waals surface area (Å²) < 4.78 is 2.11. The third-order valence-electron chi connectivity index (χ3n) is 3.28. The van der Waals surface area contributed by atoms with Crippen LogP contribution in [0.2, 0.25) is 0 Å². The molecule has 0 aliphatic rings. The summed E-state index contributed by atoms with van der Waals surface area (Å²) in [4.78, 5) is 16.0. The van der Waals surface area contributed by atoms with Gasteiger partial charge in [0.1, 0.15) is 5.82 Å². The molecular formula is C16H21N3OS. The predicted octanol–water partition coefficient (Wildman–Crippen LogP) is 2.80. The van der Waals surface area contributed by atoms with E-state index < -0.39 is 0 Å². The summed E-state index contributed by atoms with van der Waals surface area (Å²) in [6.07, 6.45) is 2.21. The topological polar surface area (TPSA) is 60.9 Å². The zero-order chi connectivity index (χ0) is 15.4. The first-order chi connectivity index (χ1) is 10.0. The van der Waals surface area contributed by atoms with Gasteiger partial charge in [0.25, 0.3) is 0 Å². The quantitative estimate of drug-likeness (QED) is 0.835. The Kier molecular flexibility index (Phi) is 5.07. The fourth-order valence-electron chi connectivity index (χ4n) is 2.31. The lowest BCUT2D eigenvalue weighted by molar-refractivity contribution is -0.117. The number of benzene rings is 1. The molecule has 0 aliphatic heterocycles. The van der Waals surface area contributed by atoms with Gasteiger partial charge in [-0.05, 0) is 17.7 Å². The smallest absolute Gasteiger partial charge is 0.225 e. The van der Waals surface area contributed by atoms with Crippen molar-refractivity contribution in [1.82, 2.24) is 9.55 Å². The van der Waals surface area contributed by atoms with Gasteiger partial charge in [0, 0.05) is 6.54 Å². The molecule has 1 heterocycles. The molecule has 2 N–H and O–H groups in total. The van der Waals surface area contributed by atoms with Crippen LogP contribution in [0, 0.1) is 0 Å². The number of hydrogen-bond acceptors (Lipinski definition) is 3. The fraction of sp³-hybridized carbons (Fsp3) is 0.375. The van der Waals surface area contributed by atoms with Crippen molar-refractivity contribution in [1.29, 1.82) is 0 Å².